The molecule has 4 rings (SSSR count). The lowest BCUT2D eigenvalue weighted by atomic mass is 9.88. The van der Waals surface area contributed by atoms with Crippen LogP contribution in [0.2, 0.25) is 0 Å². The molecule has 0 aliphatic carbocycles. The van der Waals surface area contributed by atoms with Gasteiger partial charge in [0.1, 0.15) is 0 Å². The van der Waals surface area contributed by atoms with E-state index in [1.54, 1.807) is 14.2 Å². The standard InChI is InChI=1S/C23H26N2O3/c1-15-4-6-18-17(13-24-20(18)10-15)5-7-21-19-12-23(28-3)22(27-2)11-16(19)8-9-25(21)14-26/h4,6,10-14,21,24H,5,7-9H2,1-3H3. The van der Waals surface area contributed by atoms with Crippen molar-refractivity contribution in [2.24, 2.45) is 0 Å². The minimum Gasteiger partial charge on any atom is -0.493 e. The first-order chi connectivity index (χ1) is 13.6. The highest BCUT2D eigenvalue weighted by atomic mass is 16.5. The van der Waals surface area contributed by atoms with E-state index in [9.17, 15) is 4.79 Å². The van der Waals surface area contributed by atoms with E-state index in [-0.39, 0.29) is 6.04 Å². The summed E-state index contributed by atoms with van der Waals surface area (Å²) < 4.78 is 11.0. The molecule has 1 aromatic heterocycles. The van der Waals surface area contributed by atoms with Crippen molar-refractivity contribution in [1.29, 1.82) is 0 Å². The number of nitrogens with one attached hydrogen (secondary N) is 1. The number of rotatable bonds is 6. The second-order valence-corrected chi connectivity index (χ2v) is 7.42. The molecule has 0 bridgehead atoms. The fourth-order valence-corrected chi connectivity index (χ4v) is 4.29. The number of aromatic amines is 1. The number of fused-ring (bicyclic) bond motifs is 2. The third-order valence-electron chi connectivity index (χ3n) is 5.79. The normalized spacial score (nSPS) is 16.1. The predicted molar refractivity (Wildman–Crippen MR) is 110 cm³/mol. The smallest absolute Gasteiger partial charge is 0.210 e. The average Bonchev–Trinajstić information content (AvgIpc) is 3.12. The lowest BCUT2D eigenvalue weighted by molar-refractivity contribution is -0.120. The fraction of sp³-hybridized carbons (Fsp3) is 0.348. The number of carbonyl (C=O) groups excluding carboxylic acids is 1. The van der Waals surface area contributed by atoms with Crippen molar-refractivity contribution in [3.63, 3.8) is 0 Å². The molecule has 0 radical (unpaired) electrons. The SMILES string of the molecule is COc1cc2c(cc1OC)C(CCc1c[nH]c3cc(C)ccc13)N(C=O)CC2. The van der Waals surface area contributed by atoms with Gasteiger partial charge in [-0.15, -0.1) is 0 Å². The summed E-state index contributed by atoms with van der Waals surface area (Å²) in [6.07, 6.45) is 5.65. The number of nitrogens with zero attached hydrogens (tertiary/aromatic N) is 1. The number of aryl methyl sites for hydroxylation is 2. The first kappa shape index (κ1) is 18.4. The molecule has 1 aliphatic heterocycles. The largest absolute Gasteiger partial charge is 0.493 e. The predicted octanol–water partition coefficient (Wildman–Crippen LogP) is 4.18. The number of ether oxygens (including phenoxy) is 2. The molecular weight excluding hydrogens is 352 g/mol. The number of amides is 1. The minimum atomic E-state index is 0.0384. The summed E-state index contributed by atoms with van der Waals surface area (Å²) in [6, 6.07) is 10.6. The zero-order valence-corrected chi connectivity index (χ0v) is 16.6. The molecule has 1 N–H and O–H groups in total. The van der Waals surface area contributed by atoms with Crippen LogP contribution in [0.1, 0.15) is 34.7 Å². The van der Waals surface area contributed by atoms with Crippen molar-refractivity contribution >= 4 is 17.3 Å². The van der Waals surface area contributed by atoms with Crippen LogP contribution < -0.4 is 9.47 Å². The van der Waals surface area contributed by atoms with Gasteiger partial charge in [0.25, 0.3) is 0 Å². The number of hydrogen-bond acceptors (Lipinski definition) is 3. The Labute approximate surface area is 165 Å². The molecule has 1 aliphatic rings. The summed E-state index contributed by atoms with van der Waals surface area (Å²) in [4.78, 5) is 17.0. The summed E-state index contributed by atoms with van der Waals surface area (Å²) >= 11 is 0. The molecule has 0 saturated heterocycles. The highest BCUT2D eigenvalue weighted by Gasteiger charge is 2.28. The molecule has 28 heavy (non-hydrogen) atoms. The lowest BCUT2D eigenvalue weighted by Gasteiger charge is -2.35. The second kappa shape index (κ2) is 7.58. The van der Waals surface area contributed by atoms with Crippen LogP contribution in [0.15, 0.2) is 36.5 Å². The monoisotopic (exact) mass is 378 g/mol. The Bertz CT molecular complexity index is 1010. The van der Waals surface area contributed by atoms with Gasteiger partial charge in [0, 0.05) is 23.6 Å². The number of hydrogen-bond donors (Lipinski definition) is 1. The number of carbonyl (C=O) groups is 1. The number of methoxy groups -OCH3 is 2. The van der Waals surface area contributed by atoms with Gasteiger partial charge in [-0.05, 0) is 66.6 Å². The van der Waals surface area contributed by atoms with E-state index in [2.05, 4.69) is 42.4 Å². The van der Waals surface area contributed by atoms with E-state index in [1.165, 1.54) is 22.1 Å². The van der Waals surface area contributed by atoms with Gasteiger partial charge in [0.15, 0.2) is 11.5 Å². The zero-order valence-electron chi connectivity index (χ0n) is 16.6. The Balaban J connectivity index is 1.65. The van der Waals surface area contributed by atoms with Crippen LogP contribution in [-0.4, -0.2) is 37.1 Å². The number of H-pyrrole nitrogens is 1. The van der Waals surface area contributed by atoms with E-state index in [0.29, 0.717) is 5.75 Å². The summed E-state index contributed by atoms with van der Waals surface area (Å²) in [6.45, 7) is 2.83. The number of aromatic nitrogens is 1. The Morgan fingerprint density at radius 2 is 1.96 bits per heavy atom. The van der Waals surface area contributed by atoms with E-state index in [4.69, 9.17) is 9.47 Å². The molecule has 5 nitrogen and oxygen atoms in total. The third-order valence-corrected chi connectivity index (χ3v) is 5.79. The Morgan fingerprint density at radius 3 is 2.71 bits per heavy atom. The first-order valence-electron chi connectivity index (χ1n) is 9.67. The van der Waals surface area contributed by atoms with Gasteiger partial charge in [-0.25, -0.2) is 0 Å². The lowest BCUT2D eigenvalue weighted by Crippen LogP contribution is -2.34. The van der Waals surface area contributed by atoms with Crippen LogP contribution in [0.25, 0.3) is 10.9 Å². The average molecular weight is 378 g/mol. The van der Waals surface area contributed by atoms with Crippen LogP contribution in [0.5, 0.6) is 11.5 Å². The summed E-state index contributed by atoms with van der Waals surface area (Å²) in [5.41, 5.74) is 6.09. The zero-order chi connectivity index (χ0) is 19.7. The Kier molecular flexibility index (Phi) is 4.99. The molecule has 1 atom stereocenters. The molecule has 5 heteroatoms. The Hall–Kier alpha value is -2.95. The van der Waals surface area contributed by atoms with Gasteiger partial charge in [-0.3, -0.25) is 4.79 Å². The second-order valence-electron chi connectivity index (χ2n) is 7.42. The molecule has 3 aromatic rings. The number of benzene rings is 2. The van der Waals surface area contributed by atoms with Crippen molar-refractivity contribution in [2.45, 2.75) is 32.2 Å². The van der Waals surface area contributed by atoms with Crippen LogP contribution in [0.4, 0.5) is 0 Å². The molecule has 2 aromatic carbocycles. The molecule has 1 amide bonds. The molecule has 146 valence electrons. The minimum absolute atomic E-state index is 0.0384. The molecule has 0 fully saturated rings. The summed E-state index contributed by atoms with van der Waals surface area (Å²) in [5, 5.41) is 1.26. The van der Waals surface area contributed by atoms with Gasteiger partial charge in [0.05, 0.1) is 20.3 Å². The highest BCUT2D eigenvalue weighted by molar-refractivity contribution is 5.83. The van der Waals surface area contributed by atoms with Gasteiger partial charge >= 0.3 is 0 Å². The maximum Gasteiger partial charge on any atom is 0.210 e. The summed E-state index contributed by atoms with van der Waals surface area (Å²) in [5.74, 6) is 1.45. The van der Waals surface area contributed by atoms with Gasteiger partial charge in [0.2, 0.25) is 6.41 Å². The van der Waals surface area contributed by atoms with Gasteiger partial charge < -0.3 is 19.4 Å². The highest BCUT2D eigenvalue weighted by Crippen LogP contribution is 2.39. The van der Waals surface area contributed by atoms with E-state index < -0.39 is 0 Å². The molecule has 2 heterocycles. The first-order valence-corrected chi connectivity index (χ1v) is 9.67. The molecule has 0 saturated carbocycles. The quantitative estimate of drug-likeness (QED) is 0.655. The van der Waals surface area contributed by atoms with Gasteiger partial charge in [-0.2, -0.15) is 0 Å². The van der Waals surface area contributed by atoms with Crippen molar-refractivity contribution in [1.82, 2.24) is 9.88 Å². The topological polar surface area (TPSA) is 54.6 Å². The molecular formula is C23H26N2O3. The van der Waals surface area contributed by atoms with E-state index in [0.717, 1.165) is 49.0 Å². The maximum atomic E-state index is 11.7. The van der Waals surface area contributed by atoms with E-state index >= 15 is 0 Å². The van der Waals surface area contributed by atoms with Crippen LogP contribution in [0, 0.1) is 6.92 Å². The van der Waals surface area contributed by atoms with Crippen LogP contribution >= 0.6 is 0 Å². The maximum absolute atomic E-state index is 11.7. The van der Waals surface area contributed by atoms with Gasteiger partial charge in [-0.1, -0.05) is 12.1 Å². The Morgan fingerprint density at radius 1 is 1.18 bits per heavy atom. The van der Waals surface area contributed by atoms with Crippen molar-refractivity contribution in [3.05, 3.63) is 58.8 Å². The van der Waals surface area contributed by atoms with Crippen LogP contribution in [-0.2, 0) is 17.6 Å². The molecule has 1 unspecified atom stereocenters. The fourth-order valence-electron chi connectivity index (χ4n) is 4.29. The molecule has 0 spiro atoms. The van der Waals surface area contributed by atoms with Crippen molar-refractivity contribution in [3.8, 4) is 11.5 Å². The van der Waals surface area contributed by atoms with E-state index in [1.807, 2.05) is 11.0 Å². The third kappa shape index (κ3) is 3.21. The van der Waals surface area contributed by atoms with Crippen LogP contribution in [0.3, 0.4) is 0 Å². The summed E-state index contributed by atoms with van der Waals surface area (Å²) in [7, 11) is 3.30. The van der Waals surface area contributed by atoms with Crippen molar-refractivity contribution in [2.75, 3.05) is 20.8 Å². The van der Waals surface area contributed by atoms with Crippen molar-refractivity contribution < 1.29 is 14.3 Å².